The summed E-state index contributed by atoms with van der Waals surface area (Å²) in [4.78, 5) is 0.233. The van der Waals surface area contributed by atoms with Crippen LogP contribution in [0.4, 0.5) is 5.69 Å². The first-order valence-corrected chi connectivity index (χ1v) is 9.78. The number of nitrogens with one attached hydrogen (secondary N) is 2. The molecule has 7 heteroatoms. The molecule has 0 saturated heterocycles. The number of sulfonamides is 1. The van der Waals surface area contributed by atoms with Gasteiger partial charge in [0.25, 0.3) is 0 Å². The minimum atomic E-state index is -3.51. The van der Waals surface area contributed by atoms with Crippen LogP contribution in [0, 0.1) is 0 Å². The van der Waals surface area contributed by atoms with Crippen molar-refractivity contribution in [2.75, 3.05) is 23.9 Å². The van der Waals surface area contributed by atoms with E-state index in [0.717, 1.165) is 12.8 Å². The molecule has 1 aliphatic carbocycles. The fourth-order valence-electron chi connectivity index (χ4n) is 1.98. The first kappa shape index (κ1) is 16.6. The quantitative estimate of drug-likeness (QED) is 0.675. The molecule has 5 nitrogen and oxygen atoms in total. The Morgan fingerprint density at radius 1 is 1.38 bits per heavy atom. The number of para-hydroxylation sites is 1. The highest BCUT2D eigenvalue weighted by molar-refractivity contribution is 7.98. The first-order chi connectivity index (χ1) is 9.84. The van der Waals surface area contributed by atoms with E-state index < -0.39 is 15.6 Å². The van der Waals surface area contributed by atoms with Gasteiger partial charge in [0.1, 0.15) is 4.90 Å². The lowest BCUT2D eigenvalue weighted by Gasteiger charge is -2.24. The Hall–Kier alpha value is -0.760. The van der Waals surface area contributed by atoms with Crippen molar-refractivity contribution in [2.45, 2.75) is 36.3 Å². The van der Waals surface area contributed by atoms with Gasteiger partial charge in [-0.05, 0) is 38.2 Å². The van der Waals surface area contributed by atoms with Gasteiger partial charge in [0.15, 0.2) is 0 Å². The molecule has 118 valence electrons. The van der Waals surface area contributed by atoms with E-state index in [2.05, 4.69) is 10.0 Å². The fourth-order valence-corrected chi connectivity index (χ4v) is 4.19. The van der Waals surface area contributed by atoms with Crippen molar-refractivity contribution in [3.63, 3.8) is 0 Å². The van der Waals surface area contributed by atoms with E-state index in [-0.39, 0.29) is 10.9 Å². The molecule has 1 fully saturated rings. The third-order valence-corrected chi connectivity index (χ3v) is 5.68. The monoisotopic (exact) mass is 330 g/mol. The molecule has 0 bridgehead atoms. The summed E-state index contributed by atoms with van der Waals surface area (Å²) in [6, 6.07) is 6.85. The Labute approximate surface area is 130 Å². The zero-order valence-electron chi connectivity index (χ0n) is 12.3. The summed E-state index contributed by atoms with van der Waals surface area (Å²) in [7, 11) is -3.51. The normalized spacial score (nSPS) is 18.2. The maximum atomic E-state index is 12.3. The standard InChI is InChI=1S/C14H22N2O3S2/c1-14(17,10-20-2)9-15-12-5-3-4-6-13(12)21(18,19)16-11-7-8-11/h3-6,11,15-17H,7-10H2,1-2H3. The fraction of sp³-hybridized carbons (Fsp3) is 0.571. The van der Waals surface area contributed by atoms with Gasteiger partial charge in [-0.2, -0.15) is 11.8 Å². The molecular weight excluding hydrogens is 308 g/mol. The molecule has 1 aromatic carbocycles. The van der Waals surface area contributed by atoms with Crippen LogP contribution in [0.15, 0.2) is 29.2 Å². The Balaban J connectivity index is 2.13. The average Bonchev–Trinajstić information content (AvgIpc) is 3.20. The molecule has 1 aliphatic rings. The molecule has 1 atom stereocenters. The predicted molar refractivity (Wildman–Crippen MR) is 87.3 cm³/mol. The van der Waals surface area contributed by atoms with Crippen molar-refractivity contribution in [1.82, 2.24) is 4.72 Å². The van der Waals surface area contributed by atoms with E-state index in [9.17, 15) is 13.5 Å². The lowest BCUT2D eigenvalue weighted by molar-refractivity contribution is 0.0996. The van der Waals surface area contributed by atoms with E-state index in [0.29, 0.717) is 18.0 Å². The molecule has 1 saturated carbocycles. The van der Waals surface area contributed by atoms with E-state index >= 15 is 0 Å². The SMILES string of the molecule is CSCC(C)(O)CNc1ccccc1S(=O)(=O)NC1CC1. The van der Waals surface area contributed by atoms with Gasteiger partial charge in [-0.15, -0.1) is 0 Å². The van der Waals surface area contributed by atoms with Crippen molar-refractivity contribution in [1.29, 1.82) is 0 Å². The molecule has 1 aromatic rings. The minimum Gasteiger partial charge on any atom is -0.387 e. The summed E-state index contributed by atoms with van der Waals surface area (Å²) >= 11 is 1.55. The van der Waals surface area contributed by atoms with Crippen LogP contribution in [-0.2, 0) is 10.0 Å². The summed E-state index contributed by atoms with van der Waals surface area (Å²) in [5, 5.41) is 13.2. The molecule has 0 radical (unpaired) electrons. The highest BCUT2D eigenvalue weighted by atomic mass is 32.2. The molecule has 21 heavy (non-hydrogen) atoms. The van der Waals surface area contributed by atoms with Crippen molar-refractivity contribution >= 4 is 27.5 Å². The second kappa shape index (κ2) is 6.56. The van der Waals surface area contributed by atoms with Gasteiger partial charge in [-0.3, -0.25) is 0 Å². The van der Waals surface area contributed by atoms with Gasteiger partial charge in [0.2, 0.25) is 10.0 Å². The second-order valence-electron chi connectivity index (χ2n) is 5.68. The summed E-state index contributed by atoms with van der Waals surface area (Å²) in [5.41, 5.74) is -0.368. The highest BCUT2D eigenvalue weighted by Gasteiger charge is 2.29. The van der Waals surface area contributed by atoms with Crippen molar-refractivity contribution < 1.29 is 13.5 Å². The molecule has 1 unspecified atom stereocenters. The summed E-state index contributed by atoms with van der Waals surface area (Å²) in [5.74, 6) is 0.579. The Morgan fingerprint density at radius 3 is 2.67 bits per heavy atom. The van der Waals surface area contributed by atoms with Gasteiger partial charge in [-0.25, -0.2) is 13.1 Å². The van der Waals surface area contributed by atoms with Crippen molar-refractivity contribution in [3.8, 4) is 0 Å². The number of thioether (sulfide) groups is 1. The Kier molecular flexibility index (Phi) is 5.19. The number of aliphatic hydroxyl groups is 1. The van der Waals surface area contributed by atoms with E-state index in [1.54, 1.807) is 43.0 Å². The zero-order chi connectivity index (χ0) is 15.5. The highest BCUT2D eigenvalue weighted by Crippen LogP contribution is 2.26. The Morgan fingerprint density at radius 2 is 2.05 bits per heavy atom. The van der Waals surface area contributed by atoms with Crippen molar-refractivity contribution in [2.24, 2.45) is 0 Å². The van der Waals surface area contributed by atoms with Crippen LogP contribution in [0.3, 0.4) is 0 Å². The van der Waals surface area contributed by atoms with Crippen LogP contribution in [0.5, 0.6) is 0 Å². The summed E-state index contributed by atoms with van der Waals surface area (Å²) < 4.78 is 27.3. The molecule has 0 spiro atoms. The molecule has 0 heterocycles. The lowest BCUT2D eigenvalue weighted by Crippen LogP contribution is -2.36. The van der Waals surface area contributed by atoms with Crippen LogP contribution in [-0.4, -0.2) is 43.7 Å². The largest absolute Gasteiger partial charge is 0.387 e. The maximum Gasteiger partial charge on any atom is 0.242 e. The summed E-state index contributed by atoms with van der Waals surface area (Å²) in [6.45, 7) is 2.03. The molecule has 0 aliphatic heterocycles. The third-order valence-electron chi connectivity index (χ3n) is 3.19. The molecule has 0 amide bonds. The van der Waals surface area contributed by atoms with Gasteiger partial charge >= 0.3 is 0 Å². The maximum absolute atomic E-state index is 12.3. The van der Waals surface area contributed by atoms with Gasteiger partial charge < -0.3 is 10.4 Å². The predicted octanol–water partition coefficient (Wildman–Crippen LogP) is 1.65. The summed E-state index contributed by atoms with van der Waals surface area (Å²) in [6.07, 6.45) is 3.72. The number of hydrogen-bond donors (Lipinski definition) is 3. The van der Waals surface area contributed by atoms with E-state index in [4.69, 9.17) is 0 Å². The zero-order valence-corrected chi connectivity index (χ0v) is 13.9. The first-order valence-electron chi connectivity index (χ1n) is 6.91. The number of benzene rings is 1. The number of anilines is 1. The van der Waals surface area contributed by atoms with Gasteiger partial charge in [0, 0.05) is 18.3 Å². The van der Waals surface area contributed by atoms with Crippen LogP contribution in [0.25, 0.3) is 0 Å². The van der Waals surface area contributed by atoms with E-state index in [1.165, 1.54) is 0 Å². The molecule has 0 aromatic heterocycles. The lowest BCUT2D eigenvalue weighted by atomic mass is 10.1. The Bertz CT molecular complexity index is 584. The minimum absolute atomic E-state index is 0.0719. The van der Waals surface area contributed by atoms with Crippen molar-refractivity contribution in [3.05, 3.63) is 24.3 Å². The molecule has 3 N–H and O–H groups in total. The molecular formula is C14H22N2O3S2. The van der Waals surface area contributed by atoms with Crippen LogP contribution >= 0.6 is 11.8 Å². The van der Waals surface area contributed by atoms with Crippen LogP contribution in [0.2, 0.25) is 0 Å². The molecule has 2 rings (SSSR count). The average molecular weight is 330 g/mol. The second-order valence-corrected chi connectivity index (χ2v) is 8.22. The van der Waals surface area contributed by atoms with Crippen LogP contribution in [0.1, 0.15) is 19.8 Å². The van der Waals surface area contributed by atoms with Crippen LogP contribution < -0.4 is 10.0 Å². The van der Waals surface area contributed by atoms with Gasteiger partial charge in [0.05, 0.1) is 11.3 Å². The third kappa shape index (κ3) is 4.88. The number of hydrogen-bond acceptors (Lipinski definition) is 5. The van der Waals surface area contributed by atoms with E-state index in [1.807, 2.05) is 6.26 Å². The topological polar surface area (TPSA) is 78.4 Å². The number of rotatable bonds is 8. The smallest absolute Gasteiger partial charge is 0.242 e. The van der Waals surface area contributed by atoms with Gasteiger partial charge in [-0.1, -0.05) is 12.1 Å².